The van der Waals surface area contributed by atoms with Crippen molar-refractivity contribution in [2.45, 2.75) is 84.7 Å². The second kappa shape index (κ2) is 8.71. The fourth-order valence-corrected chi connectivity index (χ4v) is 8.89. The number of allylic oxidation sites excluding steroid dienone is 1. The minimum absolute atomic E-state index is 0.121. The zero-order valence-corrected chi connectivity index (χ0v) is 20.6. The maximum atomic E-state index is 13.3. The monoisotopic (exact) mass is 448 g/mol. The third-order valence-electron chi connectivity index (χ3n) is 10.5. The van der Waals surface area contributed by atoms with E-state index in [1.54, 1.807) is 6.92 Å². The van der Waals surface area contributed by atoms with Crippen LogP contribution in [0.25, 0.3) is 6.08 Å². The first kappa shape index (κ1) is 22.9. The lowest BCUT2D eigenvalue weighted by Gasteiger charge is -2.61. The summed E-state index contributed by atoms with van der Waals surface area (Å²) in [7, 11) is 0. The summed E-state index contributed by atoms with van der Waals surface area (Å²) >= 11 is 0. The molecule has 0 N–H and O–H groups in total. The van der Waals surface area contributed by atoms with Gasteiger partial charge in [0.05, 0.1) is 0 Å². The number of ether oxygens (including phenoxy) is 1. The number of benzene rings is 1. The van der Waals surface area contributed by atoms with Crippen LogP contribution in [-0.4, -0.2) is 17.9 Å². The molecule has 5 rings (SSSR count). The number of hydrogen-bond donors (Lipinski definition) is 0. The van der Waals surface area contributed by atoms with E-state index in [0.717, 1.165) is 36.7 Å². The minimum Gasteiger partial charge on any atom is -0.463 e. The van der Waals surface area contributed by atoms with Crippen molar-refractivity contribution in [1.82, 2.24) is 0 Å². The summed E-state index contributed by atoms with van der Waals surface area (Å²) in [5.74, 6) is 3.26. The van der Waals surface area contributed by atoms with Gasteiger partial charge in [-0.2, -0.15) is 0 Å². The number of fused-ring (bicyclic) bond motifs is 5. The molecule has 4 fully saturated rings. The Bertz CT molecular complexity index is 920. The average Bonchev–Trinajstić information content (AvgIpc) is 3.15. The van der Waals surface area contributed by atoms with Crippen molar-refractivity contribution in [2.24, 2.45) is 40.4 Å². The zero-order valence-electron chi connectivity index (χ0n) is 20.6. The van der Waals surface area contributed by atoms with Crippen LogP contribution in [0.1, 0.15) is 84.1 Å². The molecule has 0 bridgehead atoms. The van der Waals surface area contributed by atoms with Crippen molar-refractivity contribution in [3.8, 4) is 0 Å². The Morgan fingerprint density at radius 2 is 1.64 bits per heavy atom. The lowest BCUT2D eigenvalue weighted by Crippen LogP contribution is -2.54. The third kappa shape index (κ3) is 4.00. The van der Waals surface area contributed by atoms with Gasteiger partial charge in [0.15, 0.2) is 5.78 Å². The highest BCUT2D eigenvalue weighted by Crippen LogP contribution is 2.67. The van der Waals surface area contributed by atoms with Crippen molar-refractivity contribution >= 4 is 17.8 Å². The molecule has 3 nitrogen and oxygen atoms in total. The van der Waals surface area contributed by atoms with Gasteiger partial charge in [-0.15, -0.1) is 0 Å². The second-order valence-electron chi connectivity index (χ2n) is 12.0. The van der Waals surface area contributed by atoms with E-state index < -0.39 is 0 Å². The number of esters is 1. The van der Waals surface area contributed by atoms with E-state index in [1.165, 1.54) is 38.5 Å². The maximum absolute atomic E-state index is 13.3. The van der Waals surface area contributed by atoms with Crippen LogP contribution in [0.3, 0.4) is 0 Å². The first-order valence-electron chi connectivity index (χ1n) is 13.3. The van der Waals surface area contributed by atoms with Gasteiger partial charge < -0.3 is 4.74 Å². The van der Waals surface area contributed by atoms with Gasteiger partial charge in [0, 0.05) is 12.8 Å². The topological polar surface area (TPSA) is 43.4 Å². The molecule has 0 aliphatic heterocycles. The van der Waals surface area contributed by atoms with E-state index in [-0.39, 0.29) is 23.4 Å². The van der Waals surface area contributed by atoms with Crippen LogP contribution >= 0.6 is 0 Å². The normalized spacial score (nSPS) is 42.3. The molecule has 3 heteroatoms. The first-order valence-corrected chi connectivity index (χ1v) is 13.3. The highest BCUT2D eigenvalue weighted by Gasteiger charge is 2.61. The molecule has 0 unspecified atom stereocenters. The lowest BCUT2D eigenvalue weighted by molar-refractivity contribution is -0.160. The lowest BCUT2D eigenvalue weighted by atomic mass is 9.44. The Morgan fingerprint density at radius 3 is 2.39 bits per heavy atom. The van der Waals surface area contributed by atoms with Crippen molar-refractivity contribution in [1.29, 1.82) is 0 Å². The fraction of sp³-hybridized carbons (Fsp3) is 0.667. The van der Waals surface area contributed by atoms with Gasteiger partial charge in [-0.05, 0) is 104 Å². The maximum Gasteiger partial charge on any atom is 0.302 e. The van der Waals surface area contributed by atoms with Crippen LogP contribution in [0.2, 0.25) is 0 Å². The Labute approximate surface area is 199 Å². The summed E-state index contributed by atoms with van der Waals surface area (Å²) in [5, 5.41) is 0. The summed E-state index contributed by atoms with van der Waals surface area (Å²) in [6.07, 6.45) is 14.5. The molecule has 0 amide bonds. The molecular formula is C30H40O3. The van der Waals surface area contributed by atoms with Crippen molar-refractivity contribution < 1.29 is 14.3 Å². The quantitative estimate of drug-likeness (QED) is 0.373. The minimum atomic E-state index is -0.131. The molecule has 0 radical (unpaired) electrons. The predicted octanol–water partition coefficient (Wildman–Crippen LogP) is 6.86. The molecule has 33 heavy (non-hydrogen) atoms. The molecule has 0 aromatic heterocycles. The van der Waals surface area contributed by atoms with Crippen molar-refractivity contribution in [3.05, 3.63) is 42.0 Å². The van der Waals surface area contributed by atoms with E-state index >= 15 is 0 Å². The van der Waals surface area contributed by atoms with Crippen LogP contribution in [0.15, 0.2) is 36.4 Å². The van der Waals surface area contributed by atoms with Crippen LogP contribution in [0.5, 0.6) is 0 Å². The molecule has 178 valence electrons. The summed E-state index contributed by atoms with van der Waals surface area (Å²) < 4.78 is 5.62. The Hall–Kier alpha value is -1.90. The fourth-order valence-electron chi connectivity index (χ4n) is 8.89. The molecule has 0 heterocycles. The van der Waals surface area contributed by atoms with E-state index in [1.807, 2.05) is 30.4 Å². The van der Waals surface area contributed by atoms with Gasteiger partial charge in [-0.3, -0.25) is 9.59 Å². The second-order valence-corrected chi connectivity index (χ2v) is 12.0. The molecular weight excluding hydrogens is 408 g/mol. The summed E-state index contributed by atoms with van der Waals surface area (Å²) in [5.41, 5.74) is 1.62. The molecule has 1 aromatic carbocycles. The Morgan fingerprint density at radius 1 is 0.909 bits per heavy atom. The first-order chi connectivity index (χ1) is 15.8. The largest absolute Gasteiger partial charge is 0.463 e. The zero-order chi connectivity index (χ0) is 23.2. The summed E-state index contributed by atoms with van der Waals surface area (Å²) in [6, 6.07) is 10.2. The van der Waals surface area contributed by atoms with Gasteiger partial charge in [0.2, 0.25) is 0 Å². The van der Waals surface area contributed by atoms with Crippen LogP contribution in [-0.2, 0) is 14.3 Å². The summed E-state index contributed by atoms with van der Waals surface area (Å²) in [4.78, 5) is 24.8. The van der Waals surface area contributed by atoms with Crippen LogP contribution in [0.4, 0.5) is 0 Å². The number of rotatable bonds is 4. The van der Waals surface area contributed by atoms with Crippen LogP contribution < -0.4 is 0 Å². The molecule has 1 aromatic rings. The predicted molar refractivity (Wildman–Crippen MR) is 131 cm³/mol. The van der Waals surface area contributed by atoms with Crippen molar-refractivity contribution in [3.63, 3.8) is 0 Å². The standard InChI is InChI=1S/C30H40O3/c1-20(31)33-23-15-17-29(2)22(19-23)10-11-24-25-12-13-27(30(25,3)18-16-26(24)29)28(32)14-9-21-7-5-4-6-8-21/h4-9,14,22-27H,10-13,15-19H2,1-3H3/b14-9+/t22-,23-,24-,25-,26-,27+,29-,30-/m0/s1. The number of hydrogen-bond acceptors (Lipinski definition) is 3. The smallest absolute Gasteiger partial charge is 0.302 e. The molecule has 0 saturated heterocycles. The van der Waals surface area contributed by atoms with E-state index in [4.69, 9.17) is 4.74 Å². The molecule has 4 aliphatic carbocycles. The SMILES string of the molecule is CC(=O)O[C@H]1CC[C@@]2(C)[C@@H](CC[C@@H]3[C@@H]2CC[C@]2(C)[C@@H](C(=O)/C=C/c4ccccc4)CC[C@@H]32)C1. The van der Waals surface area contributed by atoms with Crippen LogP contribution in [0, 0.1) is 40.4 Å². The number of carbonyl (C=O) groups excluding carboxylic acids is 2. The van der Waals surface area contributed by atoms with Gasteiger partial charge in [-0.1, -0.05) is 50.3 Å². The molecule has 0 spiro atoms. The molecule has 8 atom stereocenters. The molecule has 4 saturated carbocycles. The van der Waals surface area contributed by atoms with Gasteiger partial charge in [0.25, 0.3) is 0 Å². The van der Waals surface area contributed by atoms with E-state index in [9.17, 15) is 9.59 Å². The number of ketones is 1. The third-order valence-corrected chi connectivity index (χ3v) is 10.5. The average molecular weight is 449 g/mol. The number of carbonyl (C=O) groups is 2. The molecule has 4 aliphatic rings. The van der Waals surface area contributed by atoms with Gasteiger partial charge >= 0.3 is 5.97 Å². The highest BCUT2D eigenvalue weighted by molar-refractivity contribution is 5.96. The van der Waals surface area contributed by atoms with E-state index in [0.29, 0.717) is 23.0 Å². The Kier molecular flexibility index (Phi) is 6.04. The summed E-state index contributed by atoms with van der Waals surface area (Å²) in [6.45, 7) is 6.52. The van der Waals surface area contributed by atoms with E-state index in [2.05, 4.69) is 26.0 Å². The van der Waals surface area contributed by atoms with Crippen molar-refractivity contribution in [2.75, 3.05) is 0 Å². The van der Waals surface area contributed by atoms with Gasteiger partial charge in [0.1, 0.15) is 6.10 Å². The highest BCUT2D eigenvalue weighted by atomic mass is 16.5. The Balaban J connectivity index is 1.30. The van der Waals surface area contributed by atoms with Gasteiger partial charge in [-0.25, -0.2) is 0 Å².